The average molecular weight is 349 g/mol. The van der Waals surface area contributed by atoms with Gasteiger partial charge in [0.25, 0.3) is 5.91 Å². The van der Waals surface area contributed by atoms with Crippen molar-refractivity contribution in [1.82, 2.24) is 0 Å². The molecule has 1 aliphatic rings. The first-order valence-corrected chi connectivity index (χ1v) is 8.73. The van der Waals surface area contributed by atoms with Crippen molar-refractivity contribution in [2.75, 3.05) is 11.9 Å². The van der Waals surface area contributed by atoms with E-state index >= 15 is 0 Å². The summed E-state index contributed by atoms with van der Waals surface area (Å²) in [5, 5.41) is 4.71. The Bertz CT molecular complexity index is 1000. The summed E-state index contributed by atoms with van der Waals surface area (Å²) in [6.45, 7) is -0.275. The lowest BCUT2D eigenvalue weighted by atomic mass is 9.95. The van der Waals surface area contributed by atoms with E-state index in [1.54, 1.807) is 6.07 Å². The molecule has 0 bridgehead atoms. The van der Waals surface area contributed by atoms with Crippen molar-refractivity contribution in [3.63, 3.8) is 0 Å². The van der Waals surface area contributed by atoms with Crippen molar-refractivity contribution >= 4 is 39.5 Å². The maximum atomic E-state index is 12.1. The lowest BCUT2D eigenvalue weighted by Crippen LogP contribution is -2.25. The monoisotopic (exact) mass is 349 g/mol. The van der Waals surface area contributed by atoms with Gasteiger partial charge in [0.15, 0.2) is 6.61 Å². The van der Waals surface area contributed by atoms with Crippen LogP contribution in [0.2, 0.25) is 0 Å². The first-order chi connectivity index (χ1) is 12.7. The number of benzene rings is 2. The molecule has 0 saturated heterocycles. The zero-order valence-electron chi connectivity index (χ0n) is 14.2. The second-order valence-corrected chi connectivity index (χ2v) is 6.45. The summed E-state index contributed by atoms with van der Waals surface area (Å²) in [5.74, 6) is -0.793. The number of esters is 1. The smallest absolute Gasteiger partial charge is 0.309 e. The molecule has 1 N–H and O–H groups in total. The first-order valence-electron chi connectivity index (χ1n) is 8.73. The Kier molecular flexibility index (Phi) is 4.44. The van der Waals surface area contributed by atoms with E-state index in [-0.39, 0.29) is 24.4 Å². The number of carbonyl (C=O) groups is 2. The number of carbonyl (C=O) groups excluding carboxylic acids is 2. The molecule has 1 heterocycles. The number of ether oxygens (including phenoxy) is 1. The zero-order chi connectivity index (χ0) is 17.9. The van der Waals surface area contributed by atoms with Gasteiger partial charge in [-0.3, -0.25) is 9.59 Å². The van der Waals surface area contributed by atoms with Gasteiger partial charge in [-0.1, -0.05) is 30.4 Å². The first kappa shape index (κ1) is 16.4. The maximum Gasteiger partial charge on any atom is 0.309 e. The van der Waals surface area contributed by atoms with Gasteiger partial charge >= 0.3 is 5.97 Å². The minimum atomic E-state index is -0.350. The van der Waals surface area contributed by atoms with Crippen LogP contribution in [-0.4, -0.2) is 18.5 Å². The van der Waals surface area contributed by atoms with Gasteiger partial charge < -0.3 is 14.5 Å². The predicted octanol–water partition coefficient (Wildman–Crippen LogP) is 4.42. The molecular formula is C21H19NO4. The molecule has 2 aromatic carbocycles. The van der Waals surface area contributed by atoms with Crippen LogP contribution in [0.15, 0.2) is 59.0 Å². The summed E-state index contributed by atoms with van der Waals surface area (Å²) < 4.78 is 10.9. The summed E-state index contributed by atoms with van der Waals surface area (Å²) in [7, 11) is 0. The molecule has 3 aromatic rings. The van der Waals surface area contributed by atoms with E-state index in [4.69, 9.17) is 9.15 Å². The normalized spacial score (nSPS) is 16.7. The summed E-state index contributed by atoms with van der Waals surface area (Å²) in [4.78, 5) is 24.1. The molecule has 5 nitrogen and oxygen atoms in total. The van der Waals surface area contributed by atoms with Crippen LogP contribution in [0.1, 0.15) is 19.3 Å². The third-order valence-corrected chi connectivity index (χ3v) is 4.61. The zero-order valence-corrected chi connectivity index (χ0v) is 14.2. The number of allylic oxidation sites excluding steroid dienone is 2. The number of rotatable bonds is 4. The van der Waals surface area contributed by atoms with Crippen molar-refractivity contribution in [2.45, 2.75) is 19.3 Å². The topological polar surface area (TPSA) is 68.5 Å². The van der Waals surface area contributed by atoms with Crippen LogP contribution in [0.25, 0.3) is 21.9 Å². The summed E-state index contributed by atoms with van der Waals surface area (Å²) in [6, 6.07) is 13.2. The molecule has 132 valence electrons. The molecule has 1 amide bonds. The van der Waals surface area contributed by atoms with Crippen molar-refractivity contribution in [3.05, 3.63) is 54.6 Å². The summed E-state index contributed by atoms with van der Waals surface area (Å²) in [6.07, 6.45) is 6.39. The van der Waals surface area contributed by atoms with Crippen LogP contribution in [0.5, 0.6) is 0 Å². The van der Waals surface area contributed by atoms with Crippen molar-refractivity contribution in [2.24, 2.45) is 5.92 Å². The van der Waals surface area contributed by atoms with Gasteiger partial charge in [-0.15, -0.1) is 0 Å². The Morgan fingerprint density at radius 3 is 2.77 bits per heavy atom. The van der Waals surface area contributed by atoms with E-state index in [9.17, 15) is 9.59 Å². The van der Waals surface area contributed by atoms with Crippen LogP contribution in [0.4, 0.5) is 5.69 Å². The molecule has 1 aliphatic carbocycles. The maximum absolute atomic E-state index is 12.1. The summed E-state index contributed by atoms with van der Waals surface area (Å²) >= 11 is 0. The Hall–Kier alpha value is -3.08. The van der Waals surface area contributed by atoms with E-state index in [0.29, 0.717) is 12.1 Å². The average Bonchev–Trinajstić information content (AvgIpc) is 3.05. The predicted molar refractivity (Wildman–Crippen MR) is 99.8 cm³/mol. The molecule has 1 aromatic heterocycles. The van der Waals surface area contributed by atoms with Crippen LogP contribution in [0.3, 0.4) is 0 Å². The third kappa shape index (κ3) is 3.33. The van der Waals surface area contributed by atoms with E-state index in [2.05, 4.69) is 11.4 Å². The Labute approximate surface area is 150 Å². The van der Waals surface area contributed by atoms with Gasteiger partial charge in [0, 0.05) is 16.5 Å². The largest absolute Gasteiger partial charge is 0.456 e. The quantitative estimate of drug-likeness (QED) is 0.559. The number of hydrogen-bond acceptors (Lipinski definition) is 4. The lowest BCUT2D eigenvalue weighted by Gasteiger charge is -2.16. The van der Waals surface area contributed by atoms with Crippen molar-refractivity contribution in [1.29, 1.82) is 0 Å². The fourth-order valence-corrected chi connectivity index (χ4v) is 3.26. The Morgan fingerprint density at radius 2 is 1.92 bits per heavy atom. The van der Waals surface area contributed by atoms with Gasteiger partial charge in [-0.05, 0) is 43.5 Å². The van der Waals surface area contributed by atoms with E-state index in [0.717, 1.165) is 34.8 Å². The number of anilines is 1. The van der Waals surface area contributed by atoms with Gasteiger partial charge in [-0.25, -0.2) is 0 Å². The molecular weight excluding hydrogens is 330 g/mol. The molecule has 0 spiro atoms. The number of furan rings is 1. The highest BCUT2D eigenvalue weighted by molar-refractivity contribution is 6.07. The molecule has 5 heteroatoms. The summed E-state index contributed by atoms with van der Waals surface area (Å²) in [5.41, 5.74) is 2.22. The molecule has 0 saturated carbocycles. The third-order valence-electron chi connectivity index (χ3n) is 4.61. The molecule has 0 aliphatic heterocycles. The number of amides is 1. The number of para-hydroxylation sites is 1. The van der Waals surface area contributed by atoms with E-state index in [1.807, 2.05) is 42.5 Å². The second kappa shape index (κ2) is 7.04. The van der Waals surface area contributed by atoms with Crippen molar-refractivity contribution < 1.29 is 18.7 Å². The second-order valence-electron chi connectivity index (χ2n) is 6.45. The van der Waals surface area contributed by atoms with Gasteiger partial charge in [0.2, 0.25) is 0 Å². The number of fused-ring (bicyclic) bond motifs is 3. The van der Waals surface area contributed by atoms with Crippen LogP contribution in [0, 0.1) is 5.92 Å². The Morgan fingerprint density at radius 1 is 1.08 bits per heavy atom. The van der Waals surface area contributed by atoms with E-state index < -0.39 is 0 Å². The van der Waals surface area contributed by atoms with Crippen LogP contribution in [-0.2, 0) is 14.3 Å². The minimum absolute atomic E-state index is 0.138. The Balaban J connectivity index is 1.41. The fraction of sp³-hybridized carbons (Fsp3) is 0.238. The standard InChI is InChI=1S/C21H19NO4/c23-20(13-25-21(24)14-6-2-1-3-7-14)22-15-10-11-19-17(12-15)16-8-4-5-9-18(16)26-19/h1-2,4-5,8-12,14H,3,6-7,13H2,(H,22,23)/t14-/m1/s1. The van der Waals surface area contributed by atoms with Crippen molar-refractivity contribution in [3.8, 4) is 0 Å². The lowest BCUT2D eigenvalue weighted by molar-refractivity contribution is -0.151. The van der Waals surface area contributed by atoms with E-state index in [1.165, 1.54) is 0 Å². The molecule has 1 atom stereocenters. The number of nitrogens with one attached hydrogen (secondary N) is 1. The van der Waals surface area contributed by atoms with Crippen LogP contribution >= 0.6 is 0 Å². The van der Waals surface area contributed by atoms with Gasteiger partial charge in [0.1, 0.15) is 11.2 Å². The molecule has 0 fully saturated rings. The minimum Gasteiger partial charge on any atom is -0.456 e. The SMILES string of the molecule is O=C(COC(=O)[C@@H]1CC=CCC1)Nc1ccc2oc3ccccc3c2c1. The highest BCUT2D eigenvalue weighted by Gasteiger charge is 2.21. The highest BCUT2D eigenvalue weighted by atomic mass is 16.5. The number of hydrogen-bond donors (Lipinski definition) is 1. The van der Waals surface area contributed by atoms with Gasteiger partial charge in [0.05, 0.1) is 5.92 Å². The molecule has 0 radical (unpaired) electrons. The fourth-order valence-electron chi connectivity index (χ4n) is 3.26. The molecule has 26 heavy (non-hydrogen) atoms. The molecule has 4 rings (SSSR count). The van der Waals surface area contributed by atoms with Crippen LogP contribution < -0.4 is 5.32 Å². The van der Waals surface area contributed by atoms with Gasteiger partial charge in [-0.2, -0.15) is 0 Å². The molecule has 0 unspecified atom stereocenters. The highest BCUT2D eigenvalue weighted by Crippen LogP contribution is 2.30.